The van der Waals surface area contributed by atoms with Crippen molar-refractivity contribution in [1.29, 1.82) is 0 Å². The van der Waals surface area contributed by atoms with Crippen LogP contribution in [0, 0.1) is 3.57 Å². The van der Waals surface area contributed by atoms with Crippen LogP contribution in [0.1, 0.15) is 23.7 Å². The highest BCUT2D eigenvalue weighted by Crippen LogP contribution is 2.20. The summed E-state index contributed by atoms with van der Waals surface area (Å²) in [5.74, 6) is 0.0715. The number of rotatable bonds is 3. The lowest BCUT2D eigenvalue weighted by Gasteiger charge is -2.17. The van der Waals surface area contributed by atoms with Gasteiger partial charge in [0, 0.05) is 21.6 Å². The van der Waals surface area contributed by atoms with Crippen molar-refractivity contribution in [3.63, 3.8) is 0 Å². The maximum absolute atomic E-state index is 12.0. The third kappa shape index (κ3) is 3.45. The van der Waals surface area contributed by atoms with E-state index < -0.39 is 0 Å². The average molecular weight is 382 g/mol. The number of nitrogens with zero attached hydrogens (tertiary/aromatic N) is 1. The van der Waals surface area contributed by atoms with Crippen LogP contribution in [0.15, 0.2) is 22.7 Å². The molecule has 1 aromatic carbocycles. The van der Waals surface area contributed by atoms with Crippen LogP contribution < -0.4 is 0 Å². The maximum Gasteiger partial charge on any atom is 0.254 e. The van der Waals surface area contributed by atoms with Gasteiger partial charge in [-0.05, 0) is 63.1 Å². The minimum absolute atomic E-state index is 0.0715. The fourth-order valence-electron chi connectivity index (χ4n) is 1.30. The number of carbonyl (C=O) groups excluding carboxylic acids is 1. The molecular weight excluding hydrogens is 369 g/mol. The van der Waals surface area contributed by atoms with Crippen LogP contribution >= 0.6 is 38.5 Å². The Kier molecular flexibility index (Phi) is 5.05. The number of hydrogen-bond acceptors (Lipinski definition) is 1. The van der Waals surface area contributed by atoms with Gasteiger partial charge in [0.05, 0.1) is 5.56 Å². The van der Waals surface area contributed by atoms with Gasteiger partial charge in [0.15, 0.2) is 0 Å². The highest BCUT2D eigenvalue weighted by molar-refractivity contribution is 14.1. The number of amides is 1. The Hall–Kier alpha value is -0.100. The van der Waals surface area contributed by atoms with Gasteiger partial charge in [0.1, 0.15) is 0 Å². The van der Waals surface area contributed by atoms with E-state index in [2.05, 4.69) is 45.4 Å². The molecule has 0 aliphatic carbocycles. The van der Waals surface area contributed by atoms with E-state index >= 15 is 0 Å². The van der Waals surface area contributed by atoms with Gasteiger partial charge in [-0.1, -0.05) is 6.92 Å². The summed E-state index contributed by atoms with van der Waals surface area (Å²) < 4.78 is 1.93. The second-order valence-electron chi connectivity index (χ2n) is 3.35. The second-order valence-corrected chi connectivity index (χ2v) is 5.45. The van der Waals surface area contributed by atoms with Crippen LogP contribution in [-0.4, -0.2) is 24.4 Å². The fourth-order valence-corrected chi connectivity index (χ4v) is 2.21. The molecule has 0 atom stereocenters. The van der Waals surface area contributed by atoms with Gasteiger partial charge in [-0.25, -0.2) is 0 Å². The summed E-state index contributed by atoms with van der Waals surface area (Å²) in [5.41, 5.74) is 0.734. The van der Waals surface area contributed by atoms with E-state index in [1.54, 1.807) is 4.90 Å². The molecule has 0 spiro atoms. The molecule has 82 valence electrons. The maximum atomic E-state index is 12.0. The molecule has 0 aromatic heterocycles. The van der Waals surface area contributed by atoms with Crippen LogP contribution in [0.2, 0.25) is 0 Å². The van der Waals surface area contributed by atoms with Gasteiger partial charge < -0.3 is 4.90 Å². The van der Waals surface area contributed by atoms with E-state index in [9.17, 15) is 4.79 Å². The molecule has 0 aliphatic heterocycles. The van der Waals surface area contributed by atoms with Gasteiger partial charge in [-0.2, -0.15) is 0 Å². The summed E-state index contributed by atoms with van der Waals surface area (Å²) in [6.45, 7) is 2.85. The molecule has 0 radical (unpaired) electrons. The van der Waals surface area contributed by atoms with Crippen LogP contribution in [0.3, 0.4) is 0 Å². The predicted octanol–water partition coefficient (Wildman–Crippen LogP) is 3.54. The summed E-state index contributed by atoms with van der Waals surface area (Å²) in [4.78, 5) is 13.7. The van der Waals surface area contributed by atoms with Crippen molar-refractivity contribution >= 4 is 44.4 Å². The first kappa shape index (κ1) is 13.0. The van der Waals surface area contributed by atoms with E-state index in [0.29, 0.717) is 0 Å². The first-order chi connectivity index (χ1) is 7.06. The molecule has 0 saturated heterocycles. The quantitative estimate of drug-likeness (QED) is 0.733. The van der Waals surface area contributed by atoms with Crippen LogP contribution in [0.4, 0.5) is 0 Å². The van der Waals surface area contributed by atoms with Crippen LogP contribution in [0.25, 0.3) is 0 Å². The van der Waals surface area contributed by atoms with E-state index in [0.717, 1.165) is 26.6 Å². The molecule has 1 rings (SSSR count). The van der Waals surface area contributed by atoms with Crippen molar-refractivity contribution in [3.8, 4) is 0 Å². The molecule has 0 heterocycles. The summed E-state index contributed by atoms with van der Waals surface area (Å²) in [6.07, 6.45) is 0.976. The molecular formula is C11H13BrINO. The van der Waals surface area contributed by atoms with Crippen molar-refractivity contribution in [1.82, 2.24) is 4.90 Å². The minimum Gasteiger partial charge on any atom is -0.342 e. The lowest BCUT2D eigenvalue weighted by atomic mass is 10.2. The third-order valence-electron chi connectivity index (χ3n) is 2.06. The number of hydrogen-bond donors (Lipinski definition) is 0. The molecule has 4 heteroatoms. The molecule has 0 unspecified atom stereocenters. The molecule has 0 fully saturated rings. The molecule has 0 saturated carbocycles. The Balaban J connectivity index is 2.95. The Bertz CT molecular complexity index is 368. The summed E-state index contributed by atoms with van der Waals surface area (Å²) >= 11 is 5.61. The molecule has 15 heavy (non-hydrogen) atoms. The van der Waals surface area contributed by atoms with Crippen molar-refractivity contribution in [2.75, 3.05) is 13.6 Å². The number of carbonyl (C=O) groups is 1. The van der Waals surface area contributed by atoms with Gasteiger partial charge in [-0.3, -0.25) is 4.79 Å². The summed E-state index contributed by atoms with van der Waals surface area (Å²) in [7, 11) is 1.83. The van der Waals surface area contributed by atoms with Crippen molar-refractivity contribution in [3.05, 3.63) is 31.8 Å². The molecule has 0 bridgehead atoms. The zero-order chi connectivity index (χ0) is 11.4. The highest BCUT2D eigenvalue weighted by atomic mass is 127. The second kappa shape index (κ2) is 5.84. The highest BCUT2D eigenvalue weighted by Gasteiger charge is 2.14. The monoisotopic (exact) mass is 381 g/mol. The SMILES string of the molecule is CCCN(C)C(=O)c1cc(I)ccc1Br. The Morgan fingerprint density at radius 1 is 1.53 bits per heavy atom. The van der Waals surface area contributed by atoms with Gasteiger partial charge in [0.25, 0.3) is 5.91 Å². The van der Waals surface area contributed by atoms with Crippen molar-refractivity contribution < 1.29 is 4.79 Å². The summed E-state index contributed by atoms with van der Waals surface area (Å²) in [6, 6.07) is 5.79. The first-order valence-corrected chi connectivity index (χ1v) is 6.64. The van der Waals surface area contributed by atoms with Crippen LogP contribution in [0.5, 0.6) is 0 Å². The zero-order valence-electron chi connectivity index (χ0n) is 8.76. The third-order valence-corrected chi connectivity index (χ3v) is 3.43. The van der Waals surface area contributed by atoms with E-state index in [1.165, 1.54) is 0 Å². The Labute approximate surface area is 112 Å². The van der Waals surface area contributed by atoms with Crippen molar-refractivity contribution in [2.45, 2.75) is 13.3 Å². The predicted molar refractivity (Wildman–Crippen MR) is 74.1 cm³/mol. The van der Waals surface area contributed by atoms with Gasteiger partial charge in [-0.15, -0.1) is 0 Å². The summed E-state index contributed by atoms with van der Waals surface area (Å²) in [5, 5.41) is 0. The molecule has 1 aromatic rings. The zero-order valence-corrected chi connectivity index (χ0v) is 12.5. The van der Waals surface area contributed by atoms with E-state index in [1.807, 2.05) is 25.2 Å². The molecule has 0 aliphatic rings. The number of benzene rings is 1. The fraction of sp³-hybridized carbons (Fsp3) is 0.364. The lowest BCUT2D eigenvalue weighted by molar-refractivity contribution is 0.0794. The Morgan fingerprint density at radius 3 is 2.80 bits per heavy atom. The van der Waals surface area contributed by atoms with Gasteiger partial charge >= 0.3 is 0 Å². The minimum atomic E-state index is 0.0715. The standard InChI is InChI=1S/C11H13BrINO/c1-3-6-14(2)11(15)9-7-8(13)4-5-10(9)12/h4-5,7H,3,6H2,1-2H3. The van der Waals surface area contributed by atoms with E-state index in [4.69, 9.17) is 0 Å². The Morgan fingerprint density at radius 2 is 2.20 bits per heavy atom. The lowest BCUT2D eigenvalue weighted by Crippen LogP contribution is -2.27. The first-order valence-electron chi connectivity index (χ1n) is 4.76. The topological polar surface area (TPSA) is 20.3 Å². The molecule has 0 N–H and O–H groups in total. The van der Waals surface area contributed by atoms with Crippen LogP contribution in [-0.2, 0) is 0 Å². The smallest absolute Gasteiger partial charge is 0.254 e. The largest absolute Gasteiger partial charge is 0.342 e. The average Bonchev–Trinajstić information content (AvgIpc) is 2.21. The van der Waals surface area contributed by atoms with Crippen molar-refractivity contribution in [2.24, 2.45) is 0 Å². The molecule has 2 nitrogen and oxygen atoms in total. The van der Waals surface area contributed by atoms with E-state index in [-0.39, 0.29) is 5.91 Å². The molecule has 1 amide bonds. The normalized spacial score (nSPS) is 10.1. The number of halogens is 2. The van der Waals surface area contributed by atoms with Gasteiger partial charge in [0.2, 0.25) is 0 Å².